The zero-order valence-electron chi connectivity index (χ0n) is 24.4. The van der Waals surface area contributed by atoms with Crippen LogP contribution in [0.4, 0.5) is 0 Å². The Kier molecular flexibility index (Phi) is 5.19. The fourth-order valence-electron chi connectivity index (χ4n) is 6.88. The molecular formula is C40H23N5O. The van der Waals surface area contributed by atoms with Gasteiger partial charge in [-0.05, 0) is 58.3 Å². The van der Waals surface area contributed by atoms with Gasteiger partial charge in [0.25, 0.3) is 0 Å². The van der Waals surface area contributed by atoms with Crippen LogP contribution in [0.5, 0.6) is 0 Å². The molecule has 6 aromatic carbocycles. The van der Waals surface area contributed by atoms with Gasteiger partial charge in [-0.15, -0.1) is 10.2 Å². The molecule has 0 radical (unpaired) electrons. The average Bonchev–Trinajstić information content (AvgIpc) is 3.66. The number of furan rings is 1. The molecule has 0 aliphatic heterocycles. The van der Waals surface area contributed by atoms with Gasteiger partial charge in [0, 0.05) is 39.5 Å². The van der Waals surface area contributed by atoms with Crippen molar-refractivity contribution >= 4 is 65.6 Å². The minimum absolute atomic E-state index is 0.631. The van der Waals surface area contributed by atoms with Crippen molar-refractivity contribution in [3.63, 3.8) is 0 Å². The molecule has 0 spiro atoms. The number of hydrogen-bond donors (Lipinski definition) is 0. The van der Waals surface area contributed by atoms with Crippen LogP contribution in [0.15, 0.2) is 144 Å². The first kappa shape index (κ1) is 25.0. The van der Waals surface area contributed by atoms with E-state index in [-0.39, 0.29) is 0 Å². The Hall–Kier alpha value is -6.40. The summed E-state index contributed by atoms with van der Waals surface area (Å²) >= 11 is 0. The van der Waals surface area contributed by atoms with Crippen LogP contribution in [0.3, 0.4) is 0 Å². The first-order chi connectivity index (χ1) is 22.8. The Balaban J connectivity index is 1.28. The Morgan fingerprint density at radius 3 is 2.13 bits per heavy atom. The summed E-state index contributed by atoms with van der Waals surface area (Å²) in [5.74, 6) is 0.631. The molecule has 4 aromatic heterocycles. The summed E-state index contributed by atoms with van der Waals surface area (Å²) in [7, 11) is 0. The molecule has 0 aliphatic carbocycles. The lowest BCUT2D eigenvalue weighted by molar-refractivity contribution is 0.669. The topological polar surface area (TPSA) is 69.6 Å². The van der Waals surface area contributed by atoms with Gasteiger partial charge < -0.3 is 4.42 Å². The second-order valence-corrected chi connectivity index (χ2v) is 11.6. The van der Waals surface area contributed by atoms with E-state index in [1.165, 1.54) is 10.9 Å². The summed E-state index contributed by atoms with van der Waals surface area (Å²) in [4.78, 5) is 9.70. The van der Waals surface area contributed by atoms with Gasteiger partial charge in [0.05, 0.1) is 11.0 Å². The summed E-state index contributed by atoms with van der Waals surface area (Å²) < 4.78 is 8.55. The molecule has 6 nitrogen and oxygen atoms in total. The summed E-state index contributed by atoms with van der Waals surface area (Å²) in [5.41, 5.74) is 8.78. The highest BCUT2D eigenvalue weighted by molar-refractivity contribution is 6.16. The molecule has 4 heterocycles. The van der Waals surface area contributed by atoms with E-state index in [1.807, 2.05) is 36.4 Å². The van der Waals surface area contributed by atoms with Crippen molar-refractivity contribution in [2.45, 2.75) is 0 Å². The van der Waals surface area contributed by atoms with Gasteiger partial charge in [-0.2, -0.15) is 0 Å². The van der Waals surface area contributed by atoms with E-state index in [1.54, 1.807) is 12.4 Å². The molecule has 0 unspecified atom stereocenters. The molecule has 0 N–H and O–H groups in total. The monoisotopic (exact) mass is 589 g/mol. The number of aromatic nitrogens is 5. The van der Waals surface area contributed by atoms with Crippen molar-refractivity contribution in [1.29, 1.82) is 0 Å². The number of rotatable bonds is 3. The van der Waals surface area contributed by atoms with Crippen LogP contribution in [-0.2, 0) is 0 Å². The van der Waals surface area contributed by atoms with E-state index in [0.29, 0.717) is 22.5 Å². The third kappa shape index (κ3) is 3.58. The van der Waals surface area contributed by atoms with Crippen LogP contribution < -0.4 is 0 Å². The number of nitrogens with zero attached hydrogens (tertiary/aromatic N) is 5. The van der Waals surface area contributed by atoms with Crippen molar-refractivity contribution in [3.8, 4) is 28.2 Å². The zero-order valence-corrected chi connectivity index (χ0v) is 24.4. The highest BCUT2D eigenvalue weighted by Crippen LogP contribution is 2.40. The maximum absolute atomic E-state index is 6.37. The molecule has 0 bridgehead atoms. The molecule has 46 heavy (non-hydrogen) atoms. The fraction of sp³-hybridized carbons (Fsp3) is 0. The van der Waals surface area contributed by atoms with E-state index in [9.17, 15) is 0 Å². The van der Waals surface area contributed by atoms with Crippen LogP contribution in [0, 0.1) is 0 Å². The molecular weight excluding hydrogens is 566 g/mol. The van der Waals surface area contributed by atoms with E-state index in [4.69, 9.17) is 24.6 Å². The normalized spacial score (nSPS) is 11.9. The smallest absolute Gasteiger partial charge is 0.188 e. The van der Waals surface area contributed by atoms with Crippen LogP contribution in [-0.4, -0.2) is 24.7 Å². The van der Waals surface area contributed by atoms with Crippen molar-refractivity contribution in [2.24, 2.45) is 0 Å². The van der Waals surface area contributed by atoms with Gasteiger partial charge in [0.1, 0.15) is 27.9 Å². The van der Waals surface area contributed by atoms with E-state index < -0.39 is 0 Å². The van der Waals surface area contributed by atoms with Gasteiger partial charge in [-0.3, -0.25) is 9.55 Å². The summed E-state index contributed by atoms with van der Waals surface area (Å²) in [6.45, 7) is 0. The van der Waals surface area contributed by atoms with Crippen molar-refractivity contribution in [3.05, 3.63) is 140 Å². The van der Waals surface area contributed by atoms with Gasteiger partial charge in [0.15, 0.2) is 5.82 Å². The predicted molar refractivity (Wildman–Crippen MR) is 185 cm³/mol. The maximum atomic E-state index is 6.37. The fourth-order valence-corrected chi connectivity index (χ4v) is 6.88. The highest BCUT2D eigenvalue weighted by atomic mass is 16.3. The van der Waals surface area contributed by atoms with E-state index in [2.05, 4.69) is 95.6 Å². The number of fused-ring (bicyclic) bond motifs is 8. The lowest BCUT2D eigenvalue weighted by Gasteiger charge is -2.11. The van der Waals surface area contributed by atoms with Gasteiger partial charge >= 0.3 is 0 Å². The van der Waals surface area contributed by atoms with Crippen LogP contribution in [0.2, 0.25) is 0 Å². The van der Waals surface area contributed by atoms with E-state index in [0.717, 1.165) is 60.3 Å². The molecule has 10 aromatic rings. The zero-order chi connectivity index (χ0) is 30.2. The molecule has 0 aliphatic rings. The predicted octanol–water partition coefficient (Wildman–Crippen LogP) is 9.90. The largest absolute Gasteiger partial charge is 0.455 e. The second kappa shape index (κ2) is 9.55. The second-order valence-electron chi connectivity index (χ2n) is 11.6. The number of benzene rings is 6. The molecule has 214 valence electrons. The Morgan fingerprint density at radius 1 is 0.500 bits per heavy atom. The van der Waals surface area contributed by atoms with Crippen molar-refractivity contribution in [1.82, 2.24) is 24.7 Å². The molecule has 0 atom stereocenters. The SMILES string of the molecule is c1ccc(-c2ccc3c(c2)c2cc4ccccc4cc2n3-c2nnc(-c3cccc4c3oc3ccccc34)c3nccnc23)cc1. The molecule has 6 heteroatoms. The molecule has 0 saturated heterocycles. The minimum Gasteiger partial charge on any atom is -0.455 e. The lowest BCUT2D eigenvalue weighted by Crippen LogP contribution is -2.04. The van der Waals surface area contributed by atoms with Gasteiger partial charge in [-0.25, -0.2) is 4.98 Å². The summed E-state index contributed by atoms with van der Waals surface area (Å²) in [6, 6.07) is 44.3. The molecule has 0 amide bonds. The van der Waals surface area contributed by atoms with Gasteiger partial charge in [-0.1, -0.05) is 91.0 Å². The summed E-state index contributed by atoms with van der Waals surface area (Å²) in [6.07, 6.45) is 3.43. The van der Waals surface area contributed by atoms with Gasteiger partial charge in [0.2, 0.25) is 0 Å². The molecule has 0 saturated carbocycles. The average molecular weight is 590 g/mol. The Labute approximate surface area is 262 Å². The first-order valence-electron chi connectivity index (χ1n) is 15.2. The first-order valence-corrected chi connectivity index (χ1v) is 15.2. The standard InChI is InChI=1S/C40H23N5O/c1-2-9-24(10-3-1)27-17-18-33-31(22-27)32-21-25-11-4-5-12-26(25)23-34(32)45(33)40-38-37(41-19-20-42-38)36(43-44-40)30-15-8-14-29-28-13-6-7-16-35(28)46-39(29)30/h1-23H. The molecule has 0 fully saturated rings. The van der Waals surface area contributed by atoms with Crippen LogP contribution in [0.1, 0.15) is 0 Å². The third-order valence-electron chi connectivity index (χ3n) is 8.99. The summed E-state index contributed by atoms with van der Waals surface area (Å²) in [5, 5.41) is 16.5. The van der Waals surface area contributed by atoms with E-state index >= 15 is 0 Å². The Bertz CT molecular complexity index is 2820. The number of hydrogen-bond acceptors (Lipinski definition) is 5. The maximum Gasteiger partial charge on any atom is 0.188 e. The van der Waals surface area contributed by atoms with Crippen LogP contribution in [0.25, 0.3) is 93.8 Å². The van der Waals surface area contributed by atoms with Crippen molar-refractivity contribution in [2.75, 3.05) is 0 Å². The minimum atomic E-state index is 0.631. The lowest BCUT2D eigenvalue weighted by atomic mass is 10.0. The van der Waals surface area contributed by atoms with Crippen LogP contribution >= 0.6 is 0 Å². The number of para-hydroxylation sites is 2. The highest BCUT2D eigenvalue weighted by Gasteiger charge is 2.22. The molecule has 10 rings (SSSR count). The van der Waals surface area contributed by atoms with Crippen molar-refractivity contribution < 1.29 is 4.42 Å². The quantitative estimate of drug-likeness (QED) is 0.205. The Morgan fingerprint density at radius 2 is 1.24 bits per heavy atom. The third-order valence-corrected chi connectivity index (χ3v) is 8.99.